The lowest BCUT2D eigenvalue weighted by Crippen LogP contribution is -2.56. The first-order chi connectivity index (χ1) is 25.9. The zero-order valence-electron chi connectivity index (χ0n) is 34.2. The molecule has 5 amide bonds. The molecule has 1 aromatic carbocycles. The van der Waals surface area contributed by atoms with E-state index < -0.39 is 82.7 Å². The van der Waals surface area contributed by atoms with Crippen molar-refractivity contribution in [3.63, 3.8) is 0 Å². The Morgan fingerprint density at radius 2 is 1.05 bits per heavy atom. The molecule has 0 aliphatic carbocycles. The number of hydrogen-bond acceptors (Lipinski definition) is 10. The van der Waals surface area contributed by atoms with E-state index in [4.69, 9.17) is 14.2 Å². The molecule has 0 aromatic heterocycles. The van der Waals surface area contributed by atoms with Crippen molar-refractivity contribution in [3.05, 3.63) is 35.9 Å². The van der Waals surface area contributed by atoms with Gasteiger partial charge in [-0.3, -0.25) is 14.4 Å². The normalized spacial score (nSPS) is 13.8. The maximum atomic E-state index is 13.9. The van der Waals surface area contributed by atoms with Gasteiger partial charge in [-0.15, -0.1) is 0 Å². The minimum absolute atomic E-state index is 0.000850. The minimum atomic E-state index is -1.46. The Labute approximate surface area is 329 Å². The summed E-state index contributed by atoms with van der Waals surface area (Å²) in [6.45, 7) is 15.6. The van der Waals surface area contributed by atoms with Crippen LogP contribution in [0.15, 0.2) is 30.3 Å². The van der Waals surface area contributed by atoms with Crippen molar-refractivity contribution in [1.29, 1.82) is 0 Å². The summed E-state index contributed by atoms with van der Waals surface area (Å²) in [6, 6.07) is 4.63. The third kappa shape index (κ3) is 21.7. The van der Waals surface area contributed by atoms with Crippen LogP contribution in [-0.2, 0) is 40.0 Å². The van der Waals surface area contributed by atoms with E-state index in [-0.39, 0.29) is 45.4 Å². The zero-order valence-corrected chi connectivity index (χ0v) is 34.2. The van der Waals surface area contributed by atoms with Crippen LogP contribution in [0.4, 0.5) is 14.4 Å². The Hall–Kier alpha value is -5.09. The first-order valence-corrected chi connectivity index (χ1v) is 18.8. The lowest BCUT2D eigenvalue weighted by Gasteiger charge is -2.31. The number of ether oxygens (including phenoxy) is 3. The van der Waals surface area contributed by atoms with E-state index in [9.17, 15) is 43.8 Å². The predicted octanol–water partition coefficient (Wildman–Crippen LogP) is 4.86. The highest BCUT2D eigenvalue weighted by molar-refractivity contribution is 5.93. The molecule has 0 fully saturated rings. The van der Waals surface area contributed by atoms with Crippen LogP contribution in [0, 0.1) is 11.3 Å². The van der Waals surface area contributed by atoms with Crippen LogP contribution < -0.4 is 26.6 Å². The average Bonchev–Trinajstić information content (AvgIpc) is 3.05. The fraction of sp³-hybridized carbons (Fsp3) is 0.667. The van der Waals surface area contributed by atoms with Crippen LogP contribution >= 0.6 is 0 Å². The van der Waals surface area contributed by atoms with E-state index in [2.05, 4.69) is 26.6 Å². The highest BCUT2D eigenvalue weighted by atomic mass is 16.6. The summed E-state index contributed by atoms with van der Waals surface area (Å²) >= 11 is 0. The van der Waals surface area contributed by atoms with Crippen molar-refractivity contribution in [2.24, 2.45) is 11.3 Å². The van der Waals surface area contributed by atoms with Crippen LogP contribution in [-0.4, -0.2) is 94.7 Å². The Kier molecular flexibility index (Phi) is 20.2. The van der Waals surface area contributed by atoms with Crippen molar-refractivity contribution in [3.8, 4) is 0 Å². The van der Waals surface area contributed by atoms with E-state index in [1.807, 2.05) is 0 Å². The van der Waals surface area contributed by atoms with E-state index in [1.54, 1.807) is 92.6 Å². The zero-order chi connectivity index (χ0) is 42.7. The van der Waals surface area contributed by atoms with Gasteiger partial charge in [-0.05, 0) is 97.5 Å². The molecule has 1 aromatic rings. The Morgan fingerprint density at radius 3 is 1.50 bits per heavy atom. The van der Waals surface area contributed by atoms with E-state index in [0.29, 0.717) is 24.8 Å². The van der Waals surface area contributed by atoms with Crippen molar-refractivity contribution in [2.75, 3.05) is 13.1 Å². The van der Waals surface area contributed by atoms with Gasteiger partial charge in [-0.2, -0.15) is 0 Å². The van der Waals surface area contributed by atoms with Gasteiger partial charge in [0.15, 0.2) is 0 Å². The molecule has 0 spiro atoms. The highest BCUT2D eigenvalue weighted by Gasteiger charge is 2.38. The molecule has 0 aliphatic heterocycles. The van der Waals surface area contributed by atoms with Gasteiger partial charge in [0.05, 0.1) is 5.92 Å². The molecule has 1 rings (SSSR count). The third-order valence-corrected chi connectivity index (χ3v) is 8.06. The summed E-state index contributed by atoms with van der Waals surface area (Å²) in [5, 5.41) is 32.7. The average molecular weight is 794 g/mol. The smallest absolute Gasteiger partial charge is 0.408 e. The number of hydrogen-bond donors (Lipinski definition) is 7. The summed E-state index contributed by atoms with van der Waals surface area (Å²) < 4.78 is 15.7. The van der Waals surface area contributed by atoms with Gasteiger partial charge in [0, 0.05) is 13.1 Å². The van der Waals surface area contributed by atoms with E-state index in [1.165, 1.54) is 0 Å². The number of carboxylic acid groups (broad SMARTS) is 2. The largest absolute Gasteiger partial charge is 0.481 e. The van der Waals surface area contributed by atoms with Gasteiger partial charge in [-0.1, -0.05) is 51.1 Å². The second-order valence-electron chi connectivity index (χ2n) is 16.6. The standard InChI is InChI=1S/C39H63N5O12/c1-37(2,3)26(32(47)48)23-29(44-36(53)54-24-25-17-11-10-12-18-25)31(46)42-27(19-13-15-21-40-34(51)55-38(4,5)6)30(45)43-28(33(49)50)20-14-16-22-41-35(52)56-39(7,8)9/h10-12,17-18,26-29H,13-16,19-24H2,1-9H3,(H,40,51)(H,41,52)(H,42,46)(H,43,45)(H,44,53)(H,47,48)(H,49,50)/t26?,27-,28-,29-/m0/s1. The SMILES string of the molecule is CC(C)(C)OC(=O)NCCCC[C@H](NC(=O)[C@H](CCCCNC(=O)OC(C)(C)C)NC(=O)[C@H](CC(C(=O)O)C(C)(C)C)NC(=O)OCc1ccccc1)C(=O)O. The van der Waals surface area contributed by atoms with Crippen molar-refractivity contribution in [1.82, 2.24) is 26.6 Å². The van der Waals surface area contributed by atoms with Gasteiger partial charge in [0.25, 0.3) is 0 Å². The number of unbranched alkanes of at least 4 members (excludes halogenated alkanes) is 2. The first-order valence-electron chi connectivity index (χ1n) is 18.8. The quantitative estimate of drug-likeness (QED) is 0.0651. The first kappa shape index (κ1) is 48.9. The Bertz CT molecular complexity index is 1450. The van der Waals surface area contributed by atoms with Gasteiger partial charge in [0.2, 0.25) is 11.8 Å². The summed E-state index contributed by atoms with van der Waals surface area (Å²) in [4.78, 5) is 89.0. The number of carbonyl (C=O) groups excluding carboxylic acids is 5. The number of aliphatic carboxylic acids is 2. The summed E-state index contributed by atoms with van der Waals surface area (Å²) in [7, 11) is 0. The van der Waals surface area contributed by atoms with Crippen LogP contribution in [0.25, 0.3) is 0 Å². The second-order valence-corrected chi connectivity index (χ2v) is 16.6. The van der Waals surface area contributed by atoms with Crippen molar-refractivity contribution >= 4 is 42.0 Å². The number of amides is 5. The maximum absolute atomic E-state index is 13.9. The van der Waals surface area contributed by atoms with Crippen molar-refractivity contribution in [2.45, 2.75) is 143 Å². The molecule has 17 nitrogen and oxygen atoms in total. The highest BCUT2D eigenvalue weighted by Crippen LogP contribution is 2.30. The lowest BCUT2D eigenvalue weighted by molar-refractivity contribution is -0.146. The minimum Gasteiger partial charge on any atom is -0.481 e. The molecule has 7 N–H and O–H groups in total. The topological polar surface area (TPSA) is 248 Å². The third-order valence-electron chi connectivity index (χ3n) is 8.06. The van der Waals surface area contributed by atoms with Gasteiger partial charge in [0.1, 0.15) is 35.9 Å². The molecule has 0 saturated carbocycles. The Balaban J connectivity index is 3.18. The molecule has 1 unspecified atom stereocenters. The van der Waals surface area contributed by atoms with Crippen LogP contribution in [0.5, 0.6) is 0 Å². The van der Waals surface area contributed by atoms with Crippen LogP contribution in [0.1, 0.15) is 113 Å². The number of alkyl carbamates (subject to hydrolysis) is 3. The summed E-state index contributed by atoms with van der Waals surface area (Å²) in [5.74, 6) is -5.34. The number of nitrogens with one attached hydrogen (secondary N) is 5. The second kappa shape index (κ2) is 23.1. The van der Waals surface area contributed by atoms with Crippen LogP contribution in [0.2, 0.25) is 0 Å². The molecule has 0 radical (unpaired) electrons. The molecule has 316 valence electrons. The molecular formula is C39H63N5O12. The van der Waals surface area contributed by atoms with Crippen molar-refractivity contribution < 1.29 is 58.0 Å². The monoisotopic (exact) mass is 793 g/mol. The summed E-state index contributed by atoms with van der Waals surface area (Å²) in [5.41, 5.74) is -1.56. The Morgan fingerprint density at radius 1 is 0.589 bits per heavy atom. The molecule has 0 saturated heterocycles. The fourth-order valence-corrected chi connectivity index (χ4v) is 5.23. The number of carboxylic acids is 2. The van der Waals surface area contributed by atoms with Gasteiger partial charge >= 0.3 is 30.2 Å². The lowest BCUT2D eigenvalue weighted by atomic mass is 9.77. The van der Waals surface area contributed by atoms with Gasteiger partial charge in [-0.25, -0.2) is 19.2 Å². The molecule has 4 atom stereocenters. The van der Waals surface area contributed by atoms with E-state index >= 15 is 0 Å². The number of benzene rings is 1. The number of rotatable bonds is 21. The number of carbonyl (C=O) groups is 7. The fourth-order valence-electron chi connectivity index (χ4n) is 5.23. The molecule has 0 heterocycles. The molecule has 17 heteroatoms. The molecule has 0 bridgehead atoms. The molecule has 0 aliphatic rings. The molecular weight excluding hydrogens is 730 g/mol. The van der Waals surface area contributed by atoms with Crippen LogP contribution in [0.3, 0.4) is 0 Å². The maximum Gasteiger partial charge on any atom is 0.408 e. The molecule has 56 heavy (non-hydrogen) atoms. The summed E-state index contributed by atoms with van der Waals surface area (Å²) in [6.07, 6.45) is -1.28. The van der Waals surface area contributed by atoms with Gasteiger partial charge < -0.3 is 51.0 Å². The predicted molar refractivity (Wildman–Crippen MR) is 206 cm³/mol. The van der Waals surface area contributed by atoms with E-state index in [0.717, 1.165) is 0 Å².